The van der Waals surface area contributed by atoms with Crippen molar-refractivity contribution in [3.8, 4) is 5.75 Å². The lowest BCUT2D eigenvalue weighted by molar-refractivity contribution is -0.138. The van der Waals surface area contributed by atoms with Crippen molar-refractivity contribution in [1.82, 2.24) is 0 Å². The Morgan fingerprint density at radius 2 is 1.88 bits per heavy atom. The van der Waals surface area contributed by atoms with E-state index in [9.17, 15) is 9.59 Å². The van der Waals surface area contributed by atoms with E-state index in [0.717, 1.165) is 5.56 Å². The Hall–Kier alpha value is -3.35. The van der Waals surface area contributed by atoms with Crippen LogP contribution in [0.2, 0.25) is 0 Å². The van der Waals surface area contributed by atoms with Crippen molar-refractivity contribution < 1.29 is 19.4 Å². The van der Waals surface area contributed by atoms with Gasteiger partial charge in [-0.1, -0.05) is 18.2 Å². The Morgan fingerprint density at radius 3 is 2.54 bits per heavy atom. The predicted molar refractivity (Wildman–Crippen MR) is 96.8 cm³/mol. The topological polar surface area (TPSA) is 126 Å². The van der Waals surface area contributed by atoms with Crippen LogP contribution in [-0.4, -0.2) is 29.4 Å². The fourth-order valence-corrected chi connectivity index (χ4v) is 2.90. The van der Waals surface area contributed by atoms with E-state index in [2.05, 4.69) is 5.32 Å². The molecular formula is C19H19N3O4. The standard InChI is InChI=1S/C19H19N3O4/c20-18(21)12-1-3-13(4-2-12)19(25)22-15-6-5-14-7-11(8-17(23)24)10-26-16(14)9-15/h1-6,9,11H,7-8,10H2,(H3,20,21)(H,22,25)(H,23,24). The predicted octanol–water partition coefficient (Wildman–Crippen LogP) is 2.25. The maximum Gasteiger partial charge on any atom is 0.303 e. The number of carboxylic acid groups (broad SMARTS) is 1. The SMILES string of the molecule is N=C(N)c1ccc(C(=O)Nc2ccc3c(c2)OCC(CC(=O)O)C3)cc1. The molecule has 1 atom stereocenters. The molecule has 2 aromatic rings. The summed E-state index contributed by atoms with van der Waals surface area (Å²) in [4.78, 5) is 23.2. The quantitative estimate of drug-likeness (QED) is 0.484. The van der Waals surface area contributed by atoms with Crippen LogP contribution in [0.5, 0.6) is 5.75 Å². The molecule has 0 radical (unpaired) electrons. The molecule has 134 valence electrons. The molecule has 2 aromatic carbocycles. The molecule has 1 aliphatic rings. The monoisotopic (exact) mass is 353 g/mol. The van der Waals surface area contributed by atoms with Gasteiger partial charge in [0, 0.05) is 28.8 Å². The maximum absolute atomic E-state index is 12.3. The summed E-state index contributed by atoms with van der Waals surface area (Å²) in [6, 6.07) is 11.8. The minimum Gasteiger partial charge on any atom is -0.493 e. The number of fused-ring (bicyclic) bond motifs is 1. The van der Waals surface area contributed by atoms with Crippen LogP contribution < -0.4 is 15.8 Å². The van der Waals surface area contributed by atoms with E-state index in [4.69, 9.17) is 21.0 Å². The summed E-state index contributed by atoms with van der Waals surface area (Å²) in [5, 5.41) is 19.1. The molecule has 0 aliphatic carbocycles. The number of aliphatic carboxylic acids is 1. The number of amides is 1. The third kappa shape index (κ3) is 4.00. The summed E-state index contributed by atoms with van der Waals surface area (Å²) >= 11 is 0. The maximum atomic E-state index is 12.3. The molecule has 0 aromatic heterocycles. The number of carbonyl (C=O) groups excluding carboxylic acids is 1. The lowest BCUT2D eigenvalue weighted by Gasteiger charge is -2.24. The number of anilines is 1. The number of amidine groups is 1. The summed E-state index contributed by atoms with van der Waals surface area (Å²) in [5.74, 6) is -0.539. The van der Waals surface area contributed by atoms with E-state index in [1.54, 1.807) is 36.4 Å². The molecule has 0 fully saturated rings. The van der Waals surface area contributed by atoms with Crippen molar-refractivity contribution in [3.05, 3.63) is 59.2 Å². The fourth-order valence-electron chi connectivity index (χ4n) is 2.90. The van der Waals surface area contributed by atoms with Crippen molar-refractivity contribution in [2.24, 2.45) is 11.7 Å². The molecule has 7 nitrogen and oxygen atoms in total. The summed E-state index contributed by atoms with van der Waals surface area (Å²) in [6.07, 6.45) is 0.719. The zero-order valence-corrected chi connectivity index (χ0v) is 14.0. The second-order valence-corrected chi connectivity index (χ2v) is 6.25. The normalized spacial score (nSPS) is 15.5. The van der Waals surface area contributed by atoms with Crippen LogP contribution in [0.3, 0.4) is 0 Å². The lowest BCUT2D eigenvalue weighted by atomic mass is 9.94. The molecule has 0 spiro atoms. The summed E-state index contributed by atoms with van der Waals surface area (Å²) in [5.41, 5.74) is 7.94. The average molecular weight is 353 g/mol. The van der Waals surface area contributed by atoms with E-state index in [1.807, 2.05) is 6.07 Å². The summed E-state index contributed by atoms with van der Waals surface area (Å²) in [6.45, 7) is 0.350. The highest BCUT2D eigenvalue weighted by Crippen LogP contribution is 2.31. The first-order chi connectivity index (χ1) is 12.4. The summed E-state index contributed by atoms with van der Waals surface area (Å²) < 4.78 is 5.65. The molecular weight excluding hydrogens is 334 g/mol. The van der Waals surface area contributed by atoms with E-state index < -0.39 is 5.97 Å². The van der Waals surface area contributed by atoms with Crippen LogP contribution >= 0.6 is 0 Å². The van der Waals surface area contributed by atoms with Gasteiger partial charge in [0.05, 0.1) is 13.0 Å². The second kappa shape index (κ2) is 7.26. The van der Waals surface area contributed by atoms with Gasteiger partial charge in [0.2, 0.25) is 0 Å². The molecule has 7 heteroatoms. The number of hydrogen-bond acceptors (Lipinski definition) is 4. The average Bonchev–Trinajstić information content (AvgIpc) is 2.61. The molecule has 1 unspecified atom stereocenters. The van der Waals surface area contributed by atoms with Crippen molar-refractivity contribution in [3.63, 3.8) is 0 Å². The first kappa shape index (κ1) is 17.5. The van der Waals surface area contributed by atoms with E-state index in [0.29, 0.717) is 35.6 Å². The highest BCUT2D eigenvalue weighted by molar-refractivity contribution is 6.05. The molecule has 0 bridgehead atoms. The zero-order valence-electron chi connectivity index (χ0n) is 14.0. The zero-order chi connectivity index (χ0) is 18.7. The molecule has 1 aliphatic heterocycles. The van der Waals surface area contributed by atoms with Gasteiger partial charge in [0.25, 0.3) is 5.91 Å². The molecule has 1 amide bonds. The molecule has 1 heterocycles. The summed E-state index contributed by atoms with van der Waals surface area (Å²) in [7, 11) is 0. The van der Waals surface area contributed by atoms with Gasteiger partial charge >= 0.3 is 5.97 Å². The van der Waals surface area contributed by atoms with Gasteiger partial charge in [0.1, 0.15) is 11.6 Å². The van der Waals surface area contributed by atoms with Gasteiger partial charge in [0.15, 0.2) is 0 Å². The van der Waals surface area contributed by atoms with Gasteiger partial charge in [-0.15, -0.1) is 0 Å². The van der Waals surface area contributed by atoms with Gasteiger partial charge in [-0.25, -0.2) is 0 Å². The lowest BCUT2D eigenvalue weighted by Crippen LogP contribution is -2.23. The molecule has 0 saturated heterocycles. The van der Waals surface area contributed by atoms with Crippen LogP contribution in [0.1, 0.15) is 27.9 Å². The van der Waals surface area contributed by atoms with Crippen LogP contribution in [0.4, 0.5) is 5.69 Å². The Kier molecular flexibility index (Phi) is 4.88. The molecule has 0 saturated carbocycles. The van der Waals surface area contributed by atoms with Gasteiger partial charge in [-0.05, 0) is 30.2 Å². The second-order valence-electron chi connectivity index (χ2n) is 6.25. The van der Waals surface area contributed by atoms with E-state index in [-0.39, 0.29) is 24.1 Å². The highest BCUT2D eigenvalue weighted by atomic mass is 16.5. The van der Waals surface area contributed by atoms with Gasteiger partial charge in [-0.3, -0.25) is 15.0 Å². The minimum absolute atomic E-state index is 0.0415. The van der Waals surface area contributed by atoms with Crippen molar-refractivity contribution in [1.29, 1.82) is 5.41 Å². The number of ether oxygens (including phenoxy) is 1. The van der Waals surface area contributed by atoms with E-state index >= 15 is 0 Å². The molecule has 5 N–H and O–H groups in total. The Morgan fingerprint density at radius 1 is 1.19 bits per heavy atom. The highest BCUT2D eigenvalue weighted by Gasteiger charge is 2.22. The van der Waals surface area contributed by atoms with Crippen LogP contribution in [-0.2, 0) is 11.2 Å². The number of carbonyl (C=O) groups is 2. The van der Waals surface area contributed by atoms with Crippen LogP contribution in [0, 0.1) is 11.3 Å². The number of hydrogen-bond donors (Lipinski definition) is 4. The Bertz CT molecular complexity index is 862. The Labute approximate surface area is 150 Å². The van der Waals surface area contributed by atoms with Crippen molar-refractivity contribution in [2.45, 2.75) is 12.8 Å². The first-order valence-electron chi connectivity index (χ1n) is 8.15. The number of benzene rings is 2. The first-order valence-corrected chi connectivity index (χ1v) is 8.15. The van der Waals surface area contributed by atoms with E-state index in [1.165, 1.54) is 0 Å². The largest absolute Gasteiger partial charge is 0.493 e. The number of nitrogens with one attached hydrogen (secondary N) is 2. The molecule has 26 heavy (non-hydrogen) atoms. The molecule has 3 rings (SSSR count). The van der Waals surface area contributed by atoms with Crippen LogP contribution in [0.15, 0.2) is 42.5 Å². The van der Waals surface area contributed by atoms with Crippen molar-refractivity contribution in [2.75, 3.05) is 11.9 Å². The fraction of sp³-hybridized carbons (Fsp3) is 0.211. The minimum atomic E-state index is -0.832. The van der Waals surface area contributed by atoms with Gasteiger partial charge in [-0.2, -0.15) is 0 Å². The number of nitrogens with two attached hydrogens (primary N) is 1. The Balaban J connectivity index is 1.68. The van der Waals surface area contributed by atoms with Gasteiger partial charge < -0.3 is 20.9 Å². The smallest absolute Gasteiger partial charge is 0.303 e. The van der Waals surface area contributed by atoms with Crippen LogP contribution in [0.25, 0.3) is 0 Å². The third-order valence-electron chi connectivity index (χ3n) is 4.23. The number of carboxylic acids is 1. The third-order valence-corrected chi connectivity index (χ3v) is 4.23. The number of rotatable bonds is 5. The van der Waals surface area contributed by atoms with Crippen molar-refractivity contribution >= 4 is 23.4 Å². The number of nitrogen functional groups attached to an aromatic ring is 1.